The number of ether oxygens (including phenoxy) is 2. The van der Waals surface area contributed by atoms with Crippen LogP contribution in [-0.2, 0) is 17.8 Å². The van der Waals surface area contributed by atoms with Crippen molar-refractivity contribution in [2.24, 2.45) is 0 Å². The predicted molar refractivity (Wildman–Crippen MR) is 87.5 cm³/mol. The van der Waals surface area contributed by atoms with Crippen LogP contribution >= 0.6 is 0 Å². The van der Waals surface area contributed by atoms with E-state index in [-0.39, 0.29) is 29.2 Å². The van der Waals surface area contributed by atoms with Crippen molar-refractivity contribution in [3.63, 3.8) is 0 Å². The van der Waals surface area contributed by atoms with Crippen molar-refractivity contribution >= 4 is 11.8 Å². The molecule has 0 aromatic heterocycles. The SMILES string of the molecule is CCc1ccc(OCc2c(NC(=O)OC)cccc2C(F)F)c(F)c1. The molecule has 0 atom stereocenters. The van der Waals surface area contributed by atoms with Crippen LogP contribution in [0, 0.1) is 5.82 Å². The number of aryl methyl sites for hydroxylation is 1. The van der Waals surface area contributed by atoms with Gasteiger partial charge in [-0.05, 0) is 30.2 Å². The topological polar surface area (TPSA) is 47.6 Å². The Morgan fingerprint density at radius 3 is 2.60 bits per heavy atom. The summed E-state index contributed by atoms with van der Waals surface area (Å²) in [5.41, 5.74) is 0.669. The van der Waals surface area contributed by atoms with Gasteiger partial charge in [-0.3, -0.25) is 5.32 Å². The summed E-state index contributed by atoms with van der Waals surface area (Å²) in [6, 6.07) is 8.53. The molecule has 0 heterocycles. The summed E-state index contributed by atoms with van der Waals surface area (Å²) in [7, 11) is 1.16. The first-order chi connectivity index (χ1) is 12.0. The van der Waals surface area contributed by atoms with Crippen molar-refractivity contribution in [3.8, 4) is 5.75 Å². The zero-order valence-electron chi connectivity index (χ0n) is 13.8. The van der Waals surface area contributed by atoms with Gasteiger partial charge < -0.3 is 9.47 Å². The highest BCUT2D eigenvalue weighted by molar-refractivity contribution is 5.85. The van der Waals surface area contributed by atoms with Gasteiger partial charge in [-0.25, -0.2) is 18.0 Å². The molecule has 0 aliphatic heterocycles. The van der Waals surface area contributed by atoms with Crippen LogP contribution in [0.15, 0.2) is 36.4 Å². The molecule has 0 unspecified atom stereocenters. The van der Waals surface area contributed by atoms with Gasteiger partial charge in [0.2, 0.25) is 0 Å². The molecule has 0 aliphatic carbocycles. The highest BCUT2D eigenvalue weighted by Gasteiger charge is 2.18. The number of anilines is 1. The molecule has 134 valence electrons. The molecule has 0 saturated carbocycles. The fraction of sp³-hybridized carbons (Fsp3) is 0.278. The van der Waals surface area contributed by atoms with Gasteiger partial charge in [0.15, 0.2) is 11.6 Å². The smallest absolute Gasteiger partial charge is 0.411 e. The number of carbonyl (C=O) groups excluding carboxylic acids is 1. The quantitative estimate of drug-likeness (QED) is 0.787. The molecular formula is C18H18F3NO3. The highest BCUT2D eigenvalue weighted by Crippen LogP contribution is 2.30. The minimum atomic E-state index is -2.77. The predicted octanol–water partition coefficient (Wildman–Crippen LogP) is 5.08. The molecule has 0 fully saturated rings. The van der Waals surface area contributed by atoms with Gasteiger partial charge in [-0.2, -0.15) is 0 Å². The Kier molecular flexibility index (Phi) is 6.27. The molecule has 7 heteroatoms. The molecule has 1 N–H and O–H groups in total. The van der Waals surface area contributed by atoms with Gasteiger partial charge in [0.25, 0.3) is 6.43 Å². The molecule has 2 rings (SSSR count). The van der Waals surface area contributed by atoms with E-state index in [1.165, 1.54) is 30.3 Å². The maximum absolute atomic E-state index is 14.0. The Morgan fingerprint density at radius 2 is 2.00 bits per heavy atom. The summed E-state index contributed by atoms with van der Waals surface area (Å²) < 4.78 is 50.4. The number of nitrogens with one attached hydrogen (secondary N) is 1. The second kappa shape index (κ2) is 8.41. The van der Waals surface area contributed by atoms with E-state index in [2.05, 4.69) is 10.1 Å². The van der Waals surface area contributed by atoms with Crippen LogP contribution in [0.3, 0.4) is 0 Å². The molecule has 1 amide bonds. The van der Waals surface area contributed by atoms with E-state index in [1.54, 1.807) is 6.07 Å². The van der Waals surface area contributed by atoms with Crippen LogP contribution < -0.4 is 10.1 Å². The van der Waals surface area contributed by atoms with Crippen LogP contribution in [0.5, 0.6) is 5.75 Å². The van der Waals surface area contributed by atoms with Crippen LogP contribution in [0.1, 0.15) is 30.0 Å². The van der Waals surface area contributed by atoms with Gasteiger partial charge in [-0.15, -0.1) is 0 Å². The van der Waals surface area contributed by atoms with Crippen molar-refractivity contribution in [2.75, 3.05) is 12.4 Å². The van der Waals surface area contributed by atoms with Crippen molar-refractivity contribution in [1.29, 1.82) is 0 Å². The Balaban J connectivity index is 2.29. The standard InChI is InChI=1S/C18H18F3NO3/c1-3-11-7-8-16(14(19)9-11)25-10-13-12(17(20)21)5-4-6-15(13)22-18(23)24-2/h4-9,17H,3,10H2,1-2H3,(H,22,23). The number of alkyl halides is 2. The lowest BCUT2D eigenvalue weighted by Crippen LogP contribution is -2.14. The number of halogens is 3. The first-order valence-corrected chi connectivity index (χ1v) is 7.62. The number of rotatable bonds is 6. The second-order valence-electron chi connectivity index (χ2n) is 5.20. The van der Waals surface area contributed by atoms with Gasteiger partial charge in [0, 0.05) is 11.1 Å². The van der Waals surface area contributed by atoms with Gasteiger partial charge in [0.05, 0.1) is 12.8 Å². The molecule has 0 saturated heterocycles. The largest absolute Gasteiger partial charge is 0.486 e. The number of methoxy groups -OCH3 is 1. The van der Waals surface area contributed by atoms with Crippen molar-refractivity contribution < 1.29 is 27.4 Å². The average Bonchev–Trinajstić information content (AvgIpc) is 2.60. The lowest BCUT2D eigenvalue weighted by atomic mass is 10.1. The third-order valence-electron chi connectivity index (χ3n) is 3.65. The van der Waals surface area contributed by atoms with Gasteiger partial charge in [-0.1, -0.05) is 25.1 Å². The minimum absolute atomic E-state index is 0.0507. The number of hydrogen-bond donors (Lipinski definition) is 1. The van der Waals surface area contributed by atoms with E-state index >= 15 is 0 Å². The lowest BCUT2D eigenvalue weighted by Gasteiger charge is -2.16. The summed E-state index contributed by atoms with van der Waals surface area (Å²) in [6.07, 6.45) is -2.91. The average molecular weight is 353 g/mol. The van der Waals surface area contributed by atoms with Gasteiger partial charge >= 0.3 is 6.09 Å². The Labute approximate surface area is 143 Å². The zero-order valence-corrected chi connectivity index (χ0v) is 13.8. The fourth-order valence-electron chi connectivity index (χ4n) is 2.28. The minimum Gasteiger partial charge on any atom is -0.486 e. The molecule has 2 aromatic rings. The molecule has 2 aromatic carbocycles. The van der Waals surface area contributed by atoms with Gasteiger partial charge in [0.1, 0.15) is 6.61 Å². The third kappa shape index (κ3) is 4.65. The maximum atomic E-state index is 14.0. The van der Waals surface area contributed by atoms with Crippen molar-refractivity contribution in [3.05, 3.63) is 58.9 Å². The van der Waals surface area contributed by atoms with E-state index in [0.29, 0.717) is 6.42 Å². The molecule has 0 spiro atoms. The highest BCUT2D eigenvalue weighted by atomic mass is 19.3. The number of amides is 1. The normalized spacial score (nSPS) is 10.6. The third-order valence-corrected chi connectivity index (χ3v) is 3.65. The monoisotopic (exact) mass is 353 g/mol. The molecule has 0 bridgehead atoms. The zero-order chi connectivity index (χ0) is 18.4. The molecular weight excluding hydrogens is 335 g/mol. The summed E-state index contributed by atoms with van der Waals surface area (Å²) in [5.74, 6) is -0.623. The van der Waals surface area contributed by atoms with E-state index in [0.717, 1.165) is 12.7 Å². The molecule has 25 heavy (non-hydrogen) atoms. The second-order valence-corrected chi connectivity index (χ2v) is 5.20. The molecule has 4 nitrogen and oxygen atoms in total. The fourth-order valence-corrected chi connectivity index (χ4v) is 2.28. The summed E-state index contributed by atoms with van der Waals surface area (Å²) in [4.78, 5) is 11.4. The Morgan fingerprint density at radius 1 is 1.24 bits per heavy atom. The maximum Gasteiger partial charge on any atom is 0.411 e. The summed E-state index contributed by atoms with van der Waals surface area (Å²) in [6.45, 7) is 1.56. The van der Waals surface area contributed by atoms with Crippen LogP contribution in [-0.4, -0.2) is 13.2 Å². The molecule has 0 aliphatic rings. The lowest BCUT2D eigenvalue weighted by molar-refractivity contribution is 0.148. The van der Waals surface area contributed by atoms with Crippen LogP contribution in [0.25, 0.3) is 0 Å². The number of hydrogen-bond acceptors (Lipinski definition) is 3. The number of carbonyl (C=O) groups is 1. The Bertz CT molecular complexity index is 750. The van der Waals surface area contributed by atoms with E-state index < -0.39 is 18.3 Å². The van der Waals surface area contributed by atoms with Crippen LogP contribution in [0.2, 0.25) is 0 Å². The van der Waals surface area contributed by atoms with Crippen molar-refractivity contribution in [2.45, 2.75) is 26.4 Å². The van der Waals surface area contributed by atoms with Crippen LogP contribution in [0.4, 0.5) is 23.7 Å². The van der Waals surface area contributed by atoms with E-state index in [4.69, 9.17) is 4.74 Å². The Hall–Kier alpha value is -2.70. The summed E-state index contributed by atoms with van der Waals surface area (Å²) in [5, 5.41) is 2.36. The van der Waals surface area contributed by atoms with E-state index in [9.17, 15) is 18.0 Å². The molecule has 0 radical (unpaired) electrons. The summed E-state index contributed by atoms with van der Waals surface area (Å²) >= 11 is 0. The van der Waals surface area contributed by atoms with Crippen molar-refractivity contribution in [1.82, 2.24) is 0 Å². The number of benzene rings is 2. The first kappa shape index (κ1) is 18.6. The van der Waals surface area contributed by atoms with E-state index in [1.807, 2.05) is 6.92 Å². The first-order valence-electron chi connectivity index (χ1n) is 7.62.